The molecule has 0 aromatic heterocycles. The standard InChI is InChI=1S/C30H25F3O4S/c1-20-15-26(13-14-28(20)37-18-29(34)35)38-19-21(16-23-7-4-6-22-5-2-3-8-27(22)23)17-36-25-11-9-24(10-12-25)30(31,32)33/h2-16H,17-19H2,1H3,(H,34,35)/b21-16-. The maximum atomic E-state index is 12.9. The first-order valence-electron chi connectivity index (χ1n) is 11.7. The highest BCUT2D eigenvalue weighted by Crippen LogP contribution is 2.31. The van der Waals surface area contributed by atoms with Crippen LogP contribution >= 0.6 is 11.8 Å². The molecule has 4 aromatic rings. The van der Waals surface area contributed by atoms with Crippen LogP contribution in [0.2, 0.25) is 0 Å². The van der Waals surface area contributed by atoms with Crippen molar-refractivity contribution in [3.8, 4) is 11.5 Å². The van der Waals surface area contributed by atoms with E-state index in [1.165, 1.54) is 12.1 Å². The Morgan fingerprint density at radius 1 is 0.921 bits per heavy atom. The number of hydrogen-bond acceptors (Lipinski definition) is 4. The summed E-state index contributed by atoms with van der Waals surface area (Å²) in [5.41, 5.74) is 2.05. The predicted octanol–water partition coefficient (Wildman–Crippen LogP) is 7.89. The van der Waals surface area contributed by atoms with Crippen LogP contribution in [0.1, 0.15) is 16.7 Å². The Kier molecular flexibility index (Phi) is 8.63. The van der Waals surface area contributed by atoms with E-state index in [4.69, 9.17) is 14.6 Å². The molecule has 8 heteroatoms. The molecule has 4 nitrogen and oxygen atoms in total. The third-order valence-electron chi connectivity index (χ3n) is 5.71. The Hall–Kier alpha value is -3.91. The average Bonchev–Trinajstić information content (AvgIpc) is 2.89. The van der Waals surface area contributed by atoms with E-state index >= 15 is 0 Å². The second-order valence-corrected chi connectivity index (χ2v) is 9.63. The molecule has 4 aromatic carbocycles. The topological polar surface area (TPSA) is 55.8 Å². The molecule has 0 aliphatic heterocycles. The van der Waals surface area contributed by atoms with Gasteiger partial charge in [0.15, 0.2) is 6.61 Å². The molecule has 0 aliphatic carbocycles. The van der Waals surface area contributed by atoms with E-state index in [0.717, 1.165) is 44.5 Å². The minimum atomic E-state index is -4.40. The lowest BCUT2D eigenvalue weighted by Crippen LogP contribution is -2.10. The Morgan fingerprint density at radius 3 is 2.37 bits per heavy atom. The summed E-state index contributed by atoms with van der Waals surface area (Å²) >= 11 is 1.57. The molecule has 0 bridgehead atoms. The number of aliphatic carboxylic acids is 1. The van der Waals surface area contributed by atoms with Crippen LogP contribution in [-0.2, 0) is 11.0 Å². The normalized spacial score (nSPS) is 11.9. The number of ether oxygens (including phenoxy) is 2. The van der Waals surface area contributed by atoms with Crippen molar-refractivity contribution in [2.75, 3.05) is 19.0 Å². The van der Waals surface area contributed by atoms with Gasteiger partial charge in [-0.2, -0.15) is 13.2 Å². The van der Waals surface area contributed by atoms with Gasteiger partial charge in [0, 0.05) is 10.6 Å². The van der Waals surface area contributed by atoms with E-state index in [9.17, 15) is 18.0 Å². The van der Waals surface area contributed by atoms with E-state index in [0.29, 0.717) is 17.3 Å². The van der Waals surface area contributed by atoms with Crippen LogP contribution in [0.5, 0.6) is 11.5 Å². The van der Waals surface area contributed by atoms with Crippen molar-refractivity contribution in [1.29, 1.82) is 0 Å². The fourth-order valence-corrected chi connectivity index (χ4v) is 4.77. The number of rotatable bonds is 10. The van der Waals surface area contributed by atoms with E-state index in [-0.39, 0.29) is 6.61 Å². The van der Waals surface area contributed by atoms with E-state index in [2.05, 4.69) is 6.08 Å². The maximum Gasteiger partial charge on any atom is 0.416 e. The molecule has 0 atom stereocenters. The molecule has 0 unspecified atom stereocenters. The number of carboxylic acids is 1. The largest absolute Gasteiger partial charge is 0.489 e. The summed E-state index contributed by atoms with van der Waals surface area (Å²) in [6.45, 7) is 1.63. The van der Waals surface area contributed by atoms with Gasteiger partial charge in [-0.05, 0) is 76.9 Å². The average molecular weight is 539 g/mol. The maximum absolute atomic E-state index is 12.9. The molecular formula is C30H25F3O4S. The number of benzene rings is 4. The summed E-state index contributed by atoms with van der Waals surface area (Å²) in [7, 11) is 0. The minimum Gasteiger partial charge on any atom is -0.489 e. The number of fused-ring (bicyclic) bond motifs is 1. The molecule has 0 amide bonds. The summed E-state index contributed by atoms with van der Waals surface area (Å²) < 4.78 is 49.9. The molecule has 196 valence electrons. The van der Waals surface area contributed by atoms with Gasteiger partial charge < -0.3 is 14.6 Å². The van der Waals surface area contributed by atoms with Gasteiger partial charge in [0.25, 0.3) is 0 Å². The Labute approximate surface area is 222 Å². The molecular weight excluding hydrogens is 513 g/mol. The van der Waals surface area contributed by atoms with Crippen LogP contribution in [-0.4, -0.2) is 30.0 Å². The Morgan fingerprint density at radius 2 is 1.66 bits per heavy atom. The molecule has 0 spiro atoms. The van der Waals surface area contributed by atoms with Crippen molar-refractivity contribution in [2.45, 2.75) is 18.0 Å². The van der Waals surface area contributed by atoms with Crippen LogP contribution < -0.4 is 9.47 Å². The number of hydrogen-bond donors (Lipinski definition) is 1. The number of halogens is 3. The Bertz CT molecular complexity index is 1440. The number of aryl methyl sites for hydroxylation is 1. The van der Waals surface area contributed by atoms with Crippen LogP contribution in [0.4, 0.5) is 13.2 Å². The van der Waals surface area contributed by atoms with Gasteiger partial charge in [0.2, 0.25) is 0 Å². The van der Waals surface area contributed by atoms with E-state index in [1.54, 1.807) is 17.8 Å². The third kappa shape index (κ3) is 7.32. The minimum absolute atomic E-state index is 0.195. The lowest BCUT2D eigenvalue weighted by Gasteiger charge is -2.13. The summed E-state index contributed by atoms with van der Waals surface area (Å²) in [6, 6.07) is 24.3. The van der Waals surface area contributed by atoms with E-state index < -0.39 is 24.3 Å². The van der Waals surface area contributed by atoms with Gasteiger partial charge in [-0.15, -0.1) is 11.8 Å². The van der Waals surface area contributed by atoms with Crippen molar-refractivity contribution in [3.05, 3.63) is 107 Å². The van der Waals surface area contributed by atoms with Gasteiger partial charge >= 0.3 is 12.1 Å². The zero-order valence-corrected chi connectivity index (χ0v) is 21.3. The van der Waals surface area contributed by atoms with Crippen molar-refractivity contribution < 1.29 is 32.5 Å². The second-order valence-electron chi connectivity index (χ2n) is 8.58. The summed E-state index contributed by atoms with van der Waals surface area (Å²) in [6.07, 6.45) is -2.35. The molecule has 0 fully saturated rings. The number of alkyl halides is 3. The van der Waals surface area contributed by atoms with Crippen LogP contribution in [0.25, 0.3) is 16.8 Å². The highest BCUT2D eigenvalue weighted by Gasteiger charge is 2.30. The molecule has 0 heterocycles. The first-order chi connectivity index (χ1) is 18.2. The zero-order valence-electron chi connectivity index (χ0n) is 20.5. The molecule has 38 heavy (non-hydrogen) atoms. The number of thioether (sulfide) groups is 1. The lowest BCUT2D eigenvalue weighted by atomic mass is 10.0. The molecule has 4 rings (SSSR count). The first kappa shape index (κ1) is 27.1. The molecule has 1 N–H and O–H groups in total. The molecule has 0 saturated carbocycles. The van der Waals surface area contributed by atoms with Gasteiger partial charge in [0.05, 0.1) is 5.56 Å². The van der Waals surface area contributed by atoms with Gasteiger partial charge in [-0.25, -0.2) is 4.79 Å². The monoisotopic (exact) mass is 538 g/mol. The first-order valence-corrected chi connectivity index (χ1v) is 12.7. The third-order valence-corrected chi connectivity index (χ3v) is 6.81. The van der Waals surface area contributed by atoms with Gasteiger partial charge in [-0.3, -0.25) is 0 Å². The van der Waals surface area contributed by atoms with Crippen molar-refractivity contribution in [1.82, 2.24) is 0 Å². The van der Waals surface area contributed by atoms with Crippen molar-refractivity contribution in [3.63, 3.8) is 0 Å². The summed E-state index contributed by atoms with van der Waals surface area (Å²) in [5.74, 6) is 0.383. The van der Waals surface area contributed by atoms with E-state index in [1.807, 2.05) is 61.5 Å². The highest BCUT2D eigenvalue weighted by atomic mass is 32.2. The molecule has 0 radical (unpaired) electrons. The second kappa shape index (κ2) is 12.1. The zero-order chi connectivity index (χ0) is 27.1. The Balaban J connectivity index is 1.54. The smallest absolute Gasteiger partial charge is 0.416 e. The highest BCUT2D eigenvalue weighted by molar-refractivity contribution is 7.99. The molecule has 0 aliphatic rings. The molecule has 0 saturated heterocycles. The van der Waals surface area contributed by atoms with Crippen LogP contribution in [0.3, 0.4) is 0 Å². The van der Waals surface area contributed by atoms with Gasteiger partial charge in [-0.1, -0.05) is 48.5 Å². The van der Waals surface area contributed by atoms with Crippen molar-refractivity contribution >= 4 is 34.6 Å². The van der Waals surface area contributed by atoms with Crippen LogP contribution in [0, 0.1) is 6.92 Å². The summed E-state index contributed by atoms with van der Waals surface area (Å²) in [4.78, 5) is 11.7. The fourth-order valence-electron chi connectivity index (χ4n) is 3.83. The quantitative estimate of drug-likeness (QED) is 0.208. The lowest BCUT2D eigenvalue weighted by molar-refractivity contribution is -0.139. The number of carboxylic acid groups (broad SMARTS) is 1. The van der Waals surface area contributed by atoms with Crippen molar-refractivity contribution in [2.24, 2.45) is 0 Å². The fraction of sp³-hybridized carbons (Fsp3) is 0.167. The van der Waals surface area contributed by atoms with Crippen LogP contribution in [0.15, 0.2) is 95.4 Å². The SMILES string of the molecule is Cc1cc(SC/C(=C\c2cccc3ccccc23)COc2ccc(C(F)(F)F)cc2)ccc1OCC(=O)O. The van der Waals surface area contributed by atoms with Gasteiger partial charge in [0.1, 0.15) is 18.1 Å². The predicted molar refractivity (Wildman–Crippen MR) is 144 cm³/mol. The number of carbonyl (C=O) groups is 1. The summed E-state index contributed by atoms with van der Waals surface area (Å²) in [5, 5.41) is 11.0.